The molecule has 1 aliphatic rings. The molecule has 0 bridgehead atoms. The summed E-state index contributed by atoms with van der Waals surface area (Å²) in [7, 11) is 1.32. The Bertz CT molecular complexity index is 839. The van der Waals surface area contributed by atoms with Crippen LogP contribution in [0.15, 0.2) is 48.5 Å². The van der Waals surface area contributed by atoms with Crippen molar-refractivity contribution in [1.82, 2.24) is 4.90 Å². The van der Waals surface area contributed by atoms with E-state index in [0.717, 1.165) is 17.7 Å². The first-order valence-electron chi connectivity index (χ1n) is 9.02. The number of aliphatic hydroxyl groups is 1. The van der Waals surface area contributed by atoms with Crippen molar-refractivity contribution in [2.75, 3.05) is 26.8 Å². The molecule has 1 saturated heterocycles. The zero-order valence-corrected chi connectivity index (χ0v) is 15.5. The van der Waals surface area contributed by atoms with Gasteiger partial charge in [-0.25, -0.2) is 0 Å². The Balaban J connectivity index is 1.92. The second-order valence-electron chi connectivity index (χ2n) is 7.01. The van der Waals surface area contributed by atoms with Gasteiger partial charge in [0.25, 0.3) is 5.91 Å². The summed E-state index contributed by atoms with van der Waals surface area (Å²) in [6.45, 7) is 0.687. The number of alkyl halides is 3. The number of rotatable bonds is 5. The highest BCUT2D eigenvalue weighted by Crippen LogP contribution is 2.39. The second kappa shape index (κ2) is 7.83. The highest BCUT2D eigenvalue weighted by Gasteiger charge is 2.42. The van der Waals surface area contributed by atoms with Crippen LogP contribution in [0.1, 0.15) is 34.3 Å². The van der Waals surface area contributed by atoms with Crippen molar-refractivity contribution in [1.29, 1.82) is 0 Å². The summed E-state index contributed by atoms with van der Waals surface area (Å²) in [5.41, 5.74) is -0.401. The van der Waals surface area contributed by atoms with E-state index in [9.17, 15) is 23.1 Å². The molecular formula is C21H22F3NO3. The van der Waals surface area contributed by atoms with Crippen LogP contribution in [0.3, 0.4) is 0 Å². The van der Waals surface area contributed by atoms with E-state index in [1.165, 1.54) is 13.2 Å². The minimum Gasteiger partial charge on any atom is -0.496 e. The van der Waals surface area contributed by atoms with Crippen LogP contribution in [-0.4, -0.2) is 42.7 Å². The highest BCUT2D eigenvalue weighted by atomic mass is 19.4. The average Bonchev–Trinajstić information content (AvgIpc) is 3.12. The maximum atomic E-state index is 13.1. The van der Waals surface area contributed by atoms with Gasteiger partial charge in [-0.3, -0.25) is 4.79 Å². The van der Waals surface area contributed by atoms with Crippen LogP contribution < -0.4 is 4.74 Å². The Kier molecular flexibility index (Phi) is 5.65. The molecule has 1 heterocycles. The van der Waals surface area contributed by atoms with Crippen molar-refractivity contribution in [3.8, 4) is 5.75 Å². The zero-order chi connectivity index (χ0) is 20.4. The van der Waals surface area contributed by atoms with Crippen molar-refractivity contribution >= 4 is 5.91 Å². The van der Waals surface area contributed by atoms with Crippen LogP contribution in [-0.2, 0) is 11.6 Å². The molecule has 2 aromatic carbocycles. The predicted octanol–water partition coefficient (Wildman–Crippen LogP) is 3.88. The summed E-state index contributed by atoms with van der Waals surface area (Å²) in [6.07, 6.45) is -3.44. The molecule has 4 nitrogen and oxygen atoms in total. The molecule has 3 rings (SSSR count). The molecule has 0 aromatic heterocycles. The maximum absolute atomic E-state index is 13.1. The van der Waals surface area contributed by atoms with Gasteiger partial charge in [0.2, 0.25) is 0 Å². The summed E-state index contributed by atoms with van der Waals surface area (Å²) in [4.78, 5) is 14.6. The Hall–Kier alpha value is -2.54. The Morgan fingerprint density at radius 2 is 1.93 bits per heavy atom. The van der Waals surface area contributed by atoms with Crippen LogP contribution in [0.2, 0.25) is 0 Å². The van der Waals surface area contributed by atoms with E-state index in [1.807, 2.05) is 30.3 Å². The first-order valence-corrected chi connectivity index (χ1v) is 9.02. The fraction of sp³-hybridized carbons (Fsp3) is 0.381. The molecular weight excluding hydrogens is 371 g/mol. The van der Waals surface area contributed by atoms with E-state index >= 15 is 0 Å². The van der Waals surface area contributed by atoms with Gasteiger partial charge < -0.3 is 14.7 Å². The van der Waals surface area contributed by atoms with Gasteiger partial charge >= 0.3 is 6.18 Å². The van der Waals surface area contributed by atoms with Gasteiger partial charge in [-0.05, 0) is 36.6 Å². The van der Waals surface area contributed by atoms with Crippen LogP contribution in [0.25, 0.3) is 0 Å². The average molecular weight is 393 g/mol. The van der Waals surface area contributed by atoms with Gasteiger partial charge in [0.05, 0.1) is 18.2 Å². The van der Waals surface area contributed by atoms with E-state index < -0.39 is 23.1 Å². The molecule has 1 fully saturated rings. The zero-order valence-electron chi connectivity index (χ0n) is 15.5. The summed E-state index contributed by atoms with van der Waals surface area (Å²) in [5.74, 6) is -0.393. The number of carbonyl (C=O) groups is 1. The largest absolute Gasteiger partial charge is 0.496 e. The molecule has 28 heavy (non-hydrogen) atoms. The normalized spacial score (nSPS) is 19.7. The lowest BCUT2D eigenvalue weighted by atomic mass is 9.77. The molecule has 1 amide bonds. The quantitative estimate of drug-likeness (QED) is 0.839. The third kappa shape index (κ3) is 3.85. The van der Waals surface area contributed by atoms with E-state index in [4.69, 9.17) is 4.74 Å². The number of likely N-dealkylation sites (tertiary alicyclic amines) is 1. The third-order valence-electron chi connectivity index (χ3n) is 5.37. The number of ether oxygens (including phenoxy) is 1. The van der Waals surface area contributed by atoms with E-state index in [1.54, 1.807) is 4.90 Å². The molecule has 0 radical (unpaired) electrons. The molecule has 1 aliphatic heterocycles. The monoisotopic (exact) mass is 393 g/mol. The van der Waals surface area contributed by atoms with Gasteiger partial charge in [0.15, 0.2) is 0 Å². The van der Waals surface area contributed by atoms with Crippen LogP contribution in [0.4, 0.5) is 13.2 Å². The maximum Gasteiger partial charge on any atom is 0.416 e. The van der Waals surface area contributed by atoms with Crippen molar-refractivity contribution in [3.63, 3.8) is 0 Å². The van der Waals surface area contributed by atoms with Crippen molar-refractivity contribution in [2.45, 2.75) is 24.4 Å². The lowest BCUT2D eigenvalue weighted by molar-refractivity contribution is -0.137. The minimum atomic E-state index is -4.54. The summed E-state index contributed by atoms with van der Waals surface area (Å²) >= 11 is 0. The highest BCUT2D eigenvalue weighted by molar-refractivity contribution is 5.97. The molecule has 0 spiro atoms. The van der Waals surface area contributed by atoms with Crippen molar-refractivity contribution < 1.29 is 27.8 Å². The lowest BCUT2D eigenvalue weighted by Crippen LogP contribution is -2.35. The van der Waals surface area contributed by atoms with Crippen molar-refractivity contribution in [2.24, 2.45) is 0 Å². The van der Waals surface area contributed by atoms with Crippen molar-refractivity contribution in [3.05, 3.63) is 65.2 Å². The molecule has 1 unspecified atom stereocenters. The number of halogens is 3. The molecule has 150 valence electrons. The number of benzene rings is 2. The SMILES string of the molecule is COc1ccc(C(F)(F)F)cc1C(=O)N1CCC(CCO)(c2ccccc2)C1. The second-order valence-corrected chi connectivity index (χ2v) is 7.01. The number of nitrogens with zero attached hydrogens (tertiary/aromatic N) is 1. The van der Waals surface area contributed by atoms with Gasteiger partial charge in [-0.1, -0.05) is 30.3 Å². The first-order chi connectivity index (χ1) is 13.3. The van der Waals surface area contributed by atoms with Crippen LogP contribution in [0, 0.1) is 0 Å². The van der Waals surface area contributed by atoms with Gasteiger partial charge in [0.1, 0.15) is 5.75 Å². The standard InChI is InChI=1S/C21H22F3NO3/c1-28-18-8-7-16(21(22,23)24)13-17(18)19(27)25-11-9-20(14-25,10-12-26)15-5-3-2-4-6-15/h2-8,13,26H,9-12,14H2,1H3. The van der Waals surface area contributed by atoms with Crippen LogP contribution in [0.5, 0.6) is 5.75 Å². The summed E-state index contributed by atoms with van der Waals surface area (Å²) < 4.78 is 44.4. The molecule has 1 atom stereocenters. The number of hydrogen-bond acceptors (Lipinski definition) is 3. The number of methoxy groups -OCH3 is 1. The predicted molar refractivity (Wildman–Crippen MR) is 98.3 cm³/mol. The minimum absolute atomic E-state index is 0.0379. The number of hydrogen-bond donors (Lipinski definition) is 1. The fourth-order valence-electron chi connectivity index (χ4n) is 3.86. The van der Waals surface area contributed by atoms with E-state index in [-0.39, 0.29) is 17.9 Å². The Morgan fingerprint density at radius 3 is 2.54 bits per heavy atom. The Labute approximate surface area is 161 Å². The van der Waals surface area contributed by atoms with Gasteiger partial charge in [-0.15, -0.1) is 0 Å². The Morgan fingerprint density at radius 1 is 1.21 bits per heavy atom. The number of carbonyl (C=O) groups excluding carboxylic acids is 1. The number of amides is 1. The summed E-state index contributed by atoms with van der Waals surface area (Å²) in [6, 6.07) is 12.5. The topological polar surface area (TPSA) is 49.8 Å². The molecule has 0 aliphatic carbocycles. The molecule has 0 saturated carbocycles. The fourth-order valence-corrected chi connectivity index (χ4v) is 3.86. The molecule has 2 aromatic rings. The van der Waals surface area contributed by atoms with Crippen LogP contribution >= 0.6 is 0 Å². The van der Waals surface area contributed by atoms with E-state index in [0.29, 0.717) is 25.9 Å². The van der Waals surface area contributed by atoms with Gasteiger partial charge in [0, 0.05) is 25.1 Å². The number of aliphatic hydroxyl groups excluding tert-OH is 1. The smallest absolute Gasteiger partial charge is 0.416 e. The van der Waals surface area contributed by atoms with Gasteiger partial charge in [-0.2, -0.15) is 13.2 Å². The third-order valence-corrected chi connectivity index (χ3v) is 5.37. The first kappa shape index (κ1) is 20.2. The molecule has 7 heteroatoms. The lowest BCUT2D eigenvalue weighted by Gasteiger charge is -2.29. The van der Waals surface area contributed by atoms with E-state index in [2.05, 4.69) is 0 Å². The summed E-state index contributed by atoms with van der Waals surface area (Å²) in [5, 5.41) is 9.55. The molecule has 1 N–H and O–H groups in total.